The summed E-state index contributed by atoms with van der Waals surface area (Å²) in [5.41, 5.74) is 11.5. The van der Waals surface area contributed by atoms with E-state index in [-0.39, 0.29) is 6.04 Å². The highest BCUT2D eigenvalue weighted by atomic mass is 14.9. The number of nitrogens with two attached hydrogens (primary N) is 1. The van der Waals surface area contributed by atoms with Gasteiger partial charge in [0.25, 0.3) is 0 Å². The third kappa shape index (κ3) is 1.46. The molecule has 3 aliphatic rings. The Kier molecular flexibility index (Phi) is 2.37. The highest BCUT2D eigenvalue weighted by Gasteiger charge is 2.56. The molecule has 0 saturated heterocycles. The topological polar surface area (TPSA) is 38.9 Å². The Labute approximate surface area is 120 Å². The first kappa shape index (κ1) is 12.1. The van der Waals surface area contributed by atoms with Crippen LogP contribution in [0.4, 0.5) is 0 Å². The molecule has 1 aromatic carbocycles. The Morgan fingerprint density at radius 1 is 1.10 bits per heavy atom. The SMILES string of the molecule is CC1(C)[C@@H]2C[C@@H]1[C@H](N)c1nc(-c3ccccc3)ccc12. The van der Waals surface area contributed by atoms with Crippen LogP contribution >= 0.6 is 0 Å². The van der Waals surface area contributed by atoms with E-state index in [0.29, 0.717) is 17.3 Å². The van der Waals surface area contributed by atoms with E-state index >= 15 is 0 Å². The van der Waals surface area contributed by atoms with E-state index in [1.165, 1.54) is 17.5 Å². The molecule has 3 aliphatic carbocycles. The lowest BCUT2D eigenvalue weighted by molar-refractivity contribution is -0.00591. The monoisotopic (exact) mass is 264 g/mol. The first-order valence-electron chi connectivity index (χ1n) is 7.41. The molecule has 2 heteroatoms. The molecule has 2 nitrogen and oxygen atoms in total. The molecular weight excluding hydrogens is 244 g/mol. The lowest BCUT2D eigenvalue weighted by Crippen LogP contribution is -2.52. The summed E-state index contributed by atoms with van der Waals surface area (Å²) in [7, 11) is 0. The van der Waals surface area contributed by atoms with Gasteiger partial charge in [0.15, 0.2) is 0 Å². The van der Waals surface area contributed by atoms with Gasteiger partial charge in [-0.15, -0.1) is 0 Å². The van der Waals surface area contributed by atoms with E-state index < -0.39 is 0 Å². The van der Waals surface area contributed by atoms with Crippen molar-refractivity contribution in [1.82, 2.24) is 4.98 Å². The number of aromatic nitrogens is 1. The Morgan fingerprint density at radius 3 is 2.55 bits per heavy atom. The van der Waals surface area contributed by atoms with E-state index in [4.69, 9.17) is 10.7 Å². The zero-order chi connectivity index (χ0) is 13.9. The van der Waals surface area contributed by atoms with Crippen LogP contribution in [0.3, 0.4) is 0 Å². The molecule has 0 unspecified atom stereocenters. The first-order chi connectivity index (χ1) is 9.59. The van der Waals surface area contributed by atoms with Crippen molar-refractivity contribution in [2.75, 3.05) is 0 Å². The standard InChI is InChI=1S/C18H20N2/c1-18(2)13-10-14(18)16(19)17-12(13)8-9-15(20-17)11-6-4-3-5-7-11/h3-9,13-14,16H,10,19H2,1-2H3/t13-,14-,16+/m1/s1. The fourth-order valence-corrected chi connectivity index (χ4v) is 4.10. The van der Waals surface area contributed by atoms with Gasteiger partial charge in [-0.05, 0) is 35.3 Å². The quantitative estimate of drug-likeness (QED) is 0.848. The molecule has 1 aromatic heterocycles. The molecular formula is C18H20N2. The fourth-order valence-electron chi connectivity index (χ4n) is 4.10. The third-order valence-corrected chi connectivity index (χ3v) is 5.50. The number of hydrogen-bond acceptors (Lipinski definition) is 2. The van der Waals surface area contributed by atoms with Crippen LogP contribution in [0.15, 0.2) is 42.5 Å². The second-order valence-corrected chi connectivity index (χ2v) is 6.78. The Morgan fingerprint density at radius 2 is 1.85 bits per heavy atom. The van der Waals surface area contributed by atoms with Gasteiger partial charge in [-0.1, -0.05) is 50.2 Å². The van der Waals surface area contributed by atoms with Gasteiger partial charge < -0.3 is 5.73 Å². The van der Waals surface area contributed by atoms with Crippen molar-refractivity contribution in [1.29, 1.82) is 0 Å². The van der Waals surface area contributed by atoms with Crippen LogP contribution in [0.1, 0.15) is 43.5 Å². The molecule has 1 saturated carbocycles. The van der Waals surface area contributed by atoms with E-state index in [1.54, 1.807) is 0 Å². The molecule has 0 aliphatic heterocycles. The minimum absolute atomic E-state index is 0.0914. The summed E-state index contributed by atoms with van der Waals surface area (Å²) >= 11 is 0. The normalized spacial score (nSPS) is 29.4. The van der Waals surface area contributed by atoms with Crippen molar-refractivity contribution in [3.63, 3.8) is 0 Å². The van der Waals surface area contributed by atoms with Crippen LogP contribution in [-0.2, 0) is 0 Å². The molecule has 102 valence electrons. The zero-order valence-corrected chi connectivity index (χ0v) is 12.0. The summed E-state index contributed by atoms with van der Waals surface area (Å²) in [4.78, 5) is 4.89. The number of nitrogens with zero attached hydrogens (tertiary/aromatic N) is 1. The fraction of sp³-hybridized carbons (Fsp3) is 0.389. The summed E-state index contributed by atoms with van der Waals surface area (Å²) < 4.78 is 0. The van der Waals surface area contributed by atoms with Gasteiger partial charge in [-0.25, -0.2) is 0 Å². The highest BCUT2D eigenvalue weighted by Crippen LogP contribution is 2.64. The van der Waals surface area contributed by atoms with Crippen molar-refractivity contribution in [2.45, 2.75) is 32.2 Å². The van der Waals surface area contributed by atoms with Crippen molar-refractivity contribution >= 4 is 0 Å². The smallest absolute Gasteiger partial charge is 0.0706 e. The number of benzene rings is 1. The van der Waals surface area contributed by atoms with Crippen molar-refractivity contribution in [2.24, 2.45) is 17.1 Å². The van der Waals surface area contributed by atoms with Crippen LogP contribution in [-0.4, -0.2) is 4.98 Å². The summed E-state index contributed by atoms with van der Waals surface area (Å²) in [6.45, 7) is 4.69. The van der Waals surface area contributed by atoms with E-state index in [0.717, 1.165) is 11.4 Å². The minimum atomic E-state index is 0.0914. The van der Waals surface area contributed by atoms with E-state index in [2.05, 4.69) is 50.2 Å². The molecule has 0 amide bonds. The van der Waals surface area contributed by atoms with Crippen LogP contribution in [0.25, 0.3) is 11.3 Å². The van der Waals surface area contributed by atoms with Gasteiger partial charge in [0.2, 0.25) is 0 Å². The minimum Gasteiger partial charge on any atom is -0.322 e. The molecule has 2 bridgehead atoms. The Bertz CT molecular complexity index is 660. The maximum Gasteiger partial charge on any atom is 0.0706 e. The Hall–Kier alpha value is -1.67. The average molecular weight is 264 g/mol. The van der Waals surface area contributed by atoms with Crippen molar-refractivity contribution in [3.8, 4) is 11.3 Å². The van der Waals surface area contributed by atoms with Crippen molar-refractivity contribution < 1.29 is 0 Å². The second kappa shape index (κ2) is 3.92. The van der Waals surface area contributed by atoms with E-state index in [1.807, 2.05) is 6.07 Å². The molecule has 0 spiro atoms. The summed E-state index contributed by atoms with van der Waals surface area (Å²) in [5.74, 6) is 1.22. The predicted molar refractivity (Wildman–Crippen MR) is 81.2 cm³/mol. The molecule has 2 N–H and O–H groups in total. The van der Waals surface area contributed by atoms with E-state index in [9.17, 15) is 0 Å². The van der Waals surface area contributed by atoms with Crippen LogP contribution in [0, 0.1) is 11.3 Å². The lowest BCUT2D eigenvalue weighted by Gasteiger charge is -2.59. The van der Waals surface area contributed by atoms with Gasteiger partial charge in [0, 0.05) is 5.56 Å². The maximum atomic E-state index is 6.49. The van der Waals surface area contributed by atoms with Crippen LogP contribution < -0.4 is 5.73 Å². The molecule has 2 aromatic rings. The largest absolute Gasteiger partial charge is 0.322 e. The Balaban J connectivity index is 1.82. The zero-order valence-electron chi connectivity index (χ0n) is 12.0. The summed E-state index contributed by atoms with van der Waals surface area (Å²) in [5, 5.41) is 0. The molecule has 3 atom stereocenters. The molecule has 5 rings (SSSR count). The lowest BCUT2D eigenvalue weighted by atomic mass is 9.46. The number of hydrogen-bond donors (Lipinski definition) is 1. The highest BCUT2D eigenvalue weighted by molar-refractivity contribution is 5.60. The predicted octanol–water partition coefficient (Wildman–Crippen LogP) is 3.89. The average Bonchev–Trinajstić information content (AvgIpc) is 2.47. The third-order valence-electron chi connectivity index (χ3n) is 5.50. The van der Waals surface area contributed by atoms with Gasteiger partial charge in [0.1, 0.15) is 0 Å². The second-order valence-electron chi connectivity index (χ2n) is 6.78. The summed E-state index contributed by atoms with van der Waals surface area (Å²) in [6.07, 6.45) is 1.23. The van der Waals surface area contributed by atoms with Gasteiger partial charge in [-0.2, -0.15) is 0 Å². The number of rotatable bonds is 1. The van der Waals surface area contributed by atoms with Crippen molar-refractivity contribution in [3.05, 3.63) is 53.7 Å². The summed E-state index contributed by atoms with van der Waals surface area (Å²) in [6, 6.07) is 14.8. The van der Waals surface area contributed by atoms with Gasteiger partial charge >= 0.3 is 0 Å². The molecule has 0 radical (unpaired) electrons. The molecule has 1 heterocycles. The van der Waals surface area contributed by atoms with Gasteiger partial charge in [0.05, 0.1) is 17.4 Å². The van der Waals surface area contributed by atoms with Crippen LogP contribution in [0.2, 0.25) is 0 Å². The molecule has 20 heavy (non-hydrogen) atoms. The first-order valence-corrected chi connectivity index (χ1v) is 7.41. The van der Waals surface area contributed by atoms with Gasteiger partial charge in [-0.3, -0.25) is 4.98 Å². The number of pyridine rings is 1. The van der Waals surface area contributed by atoms with Crippen LogP contribution in [0.5, 0.6) is 0 Å². The maximum absolute atomic E-state index is 6.49. The molecule has 1 fully saturated rings.